The average molecular weight is 558 g/mol. The van der Waals surface area contributed by atoms with Gasteiger partial charge in [-0.25, -0.2) is 14.4 Å². The number of carbonyl (C=O) groups is 2. The van der Waals surface area contributed by atoms with Gasteiger partial charge >= 0.3 is 6.18 Å². The van der Waals surface area contributed by atoms with Crippen LogP contribution in [0.4, 0.5) is 17.6 Å². The number of nitrogens with one attached hydrogen (secondary N) is 1. The topological polar surface area (TPSA) is 132 Å². The zero-order valence-corrected chi connectivity index (χ0v) is 21.2. The van der Waals surface area contributed by atoms with Crippen LogP contribution in [-0.2, 0) is 15.8 Å². The zero-order chi connectivity index (χ0) is 29.0. The predicted molar refractivity (Wildman–Crippen MR) is 134 cm³/mol. The smallest absolute Gasteiger partial charge is 0.424 e. The number of carbonyl (C=O) groups excluding carboxylic acids is 2. The third-order valence-electron chi connectivity index (χ3n) is 6.97. The van der Waals surface area contributed by atoms with Crippen LogP contribution in [0.1, 0.15) is 34.2 Å². The highest BCUT2D eigenvalue weighted by Gasteiger charge is 2.57. The van der Waals surface area contributed by atoms with Crippen LogP contribution in [0.3, 0.4) is 0 Å². The predicted octanol–water partition coefficient (Wildman–Crippen LogP) is 3.16. The van der Waals surface area contributed by atoms with Crippen LogP contribution >= 0.6 is 0 Å². The number of benzene rings is 1. The summed E-state index contributed by atoms with van der Waals surface area (Å²) >= 11 is 0. The van der Waals surface area contributed by atoms with Gasteiger partial charge in [0, 0.05) is 23.5 Å². The molecule has 9 nitrogen and oxygen atoms in total. The number of alkyl halides is 3. The fourth-order valence-corrected chi connectivity index (χ4v) is 4.50. The molecular weight excluding hydrogens is 534 g/mol. The van der Waals surface area contributed by atoms with Crippen molar-refractivity contribution in [1.82, 2.24) is 19.7 Å². The molecule has 0 saturated heterocycles. The molecule has 208 valence electrons. The number of aliphatic hydroxyl groups is 1. The fourth-order valence-electron chi connectivity index (χ4n) is 4.50. The number of nitrogens with two attached hydrogens (primary N) is 1. The summed E-state index contributed by atoms with van der Waals surface area (Å²) in [6, 6.07) is 8.51. The Bertz CT molecular complexity index is 1650. The summed E-state index contributed by atoms with van der Waals surface area (Å²) in [5, 5.41) is 13.2. The highest BCUT2D eigenvalue weighted by molar-refractivity contribution is 5.94. The van der Waals surface area contributed by atoms with Crippen molar-refractivity contribution in [2.75, 3.05) is 13.2 Å². The quantitative estimate of drug-likeness (QED) is 0.312. The number of hydrogen-bond donors (Lipinski definition) is 3. The number of aromatic nitrogens is 3. The van der Waals surface area contributed by atoms with Gasteiger partial charge in [-0.3, -0.25) is 9.59 Å². The molecule has 0 spiro atoms. The fraction of sp³-hybridized carbons (Fsp3) is 0.259. The molecule has 0 saturated carbocycles. The summed E-state index contributed by atoms with van der Waals surface area (Å²) in [4.78, 5) is 33.5. The van der Waals surface area contributed by atoms with E-state index in [0.717, 1.165) is 18.2 Å². The first kappa shape index (κ1) is 27.1. The van der Waals surface area contributed by atoms with Gasteiger partial charge in [0.05, 0.1) is 23.5 Å². The van der Waals surface area contributed by atoms with Crippen molar-refractivity contribution in [3.05, 3.63) is 83.2 Å². The number of rotatable bonds is 6. The number of aryl methyl sites for hydroxylation is 1. The van der Waals surface area contributed by atoms with Crippen molar-refractivity contribution < 1.29 is 37.0 Å². The van der Waals surface area contributed by atoms with Gasteiger partial charge in [0.15, 0.2) is 0 Å². The van der Waals surface area contributed by atoms with E-state index in [4.69, 9.17) is 10.5 Å². The summed E-state index contributed by atoms with van der Waals surface area (Å²) in [7, 11) is 0. The summed E-state index contributed by atoms with van der Waals surface area (Å²) in [6.45, 7) is 1.55. The molecule has 1 aromatic carbocycles. The third kappa shape index (κ3) is 4.41. The molecule has 0 unspecified atom stereocenters. The van der Waals surface area contributed by atoms with Crippen molar-refractivity contribution in [1.29, 1.82) is 0 Å². The van der Waals surface area contributed by atoms with E-state index in [1.165, 1.54) is 37.4 Å². The SMILES string of the molecule is Cc1cn2cc(C(=O)NC[C@](O)(c3cc4c(c(-c5ccc(F)cc5)n3)OC[C@]4(C)C(N)=O)C(F)(F)F)ccc2n1. The number of halogens is 4. The Kier molecular flexibility index (Phi) is 6.29. The first-order valence-electron chi connectivity index (χ1n) is 12.0. The van der Waals surface area contributed by atoms with Crippen molar-refractivity contribution >= 4 is 17.5 Å². The van der Waals surface area contributed by atoms with E-state index in [-0.39, 0.29) is 34.7 Å². The minimum atomic E-state index is -5.32. The van der Waals surface area contributed by atoms with E-state index in [9.17, 15) is 32.3 Å². The van der Waals surface area contributed by atoms with E-state index in [2.05, 4.69) is 15.3 Å². The molecule has 0 aliphatic carbocycles. The minimum Gasteiger partial charge on any atom is -0.489 e. The Morgan fingerprint density at radius 3 is 2.50 bits per heavy atom. The Hall–Kier alpha value is -4.52. The molecule has 0 bridgehead atoms. The number of amides is 2. The maximum Gasteiger partial charge on any atom is 0.424 e. The summed E-state index contributed by atoms with van der Waals surface area (Å²) in [6.07, 6.45) is -2.29. The summed E-state index contributed by atoms with van der Waals surface area (Å²) in [5.74, 6) is -2.38. The Morgan fingerprint density at radius 1 is 1.15 bits per heavy atom. The largest absolute Gasteiger partial charge is 0.489 e. The minimum absolute atomic E-state index is 0.0193. The second kappa shape index (κ2) is 9.30. The monoisotopic (exact) mass is 557 g/mol. The molecular formula is C27H23F4N5O4. The van der Waals surface area contributed by atoms with Gasteiger partial charge in [-0.05, 0) is 56.3 Å². The number of imidazole rings is 1. The molecule has 13 heteroatoms. The third-order valence-corrected chi connectivity index (χ3v) is 6.97. The first-order chi connectivity index (χ1) is 18.7. The maximum atomic E-state index is 14.5. The molecule has 2 amide bonds. The maximum absolute atomic E-state index is 14.5. The molecule has 0 fully saturated rings. The highest BCUT2D eigenvalue weighted by Crippen LogP contribution is 2.47. The Labute approximate surface area is 224 Å². The molecule has 1 aliphatic rings. The lowest BCUT2D eigenvalue weighted by molar-refractivity contribution is -0.265. The van der Waals surface area contributed by atoms with Crippen LogP contribution in [-0.4, -0.2) is 50.6 Å². The van der Waals surface area contributed by atoms with Crippen LogP contribution in [0, 0.1) is 12.7 Å². The lowest BCUT2D eigenvalue weighted by Crippen LogP contribution is -2.51. The normalized spacial score (nSPS) is 18.2. The van der Waals surface area contributed by atoms with E-state index < -0.39 is 47.1 Å². The lowest BCUT2D eigenvalue weighted by Gasteiger charge is -2.31. The Morgan fingerprint density at radius 2 is 1.85 bits per heavy atom. The summed E-state index contributed by atoms with van der Waals surface area (Å²) in [5.41, 5.74) is 0.649. The number of ether oxygens (including phenoxy) is 1. The Balaban J connectivity index is 1.58. The second-order valence-electron chi connectivity index (χ2n) is 9.83. The standard InChI is InChI=1S/C27H23F4N5O4/c1-14-10-36-11-16(5-8-20(36)34-14)23(37)33-12-26(39,27(29,30)31)19-9-18-22(40-13-25(18,2)24(32)38)21(35-19)15-3-6-17(28)7-4-15/h3-11,39H,12-13H2,1-2H3,(H2,32,38)(H,33,37)/t25-,26-/m0/s1. The number of primary amides is 1. The number of hydrogen-bond acceptors (Lipinski definition) is 6. The number of nitrogens with zero attached hydrogens (tertiary/aromatic N) is 3. The van der Waals surface area contributed by atoms with Crippen molar-refractivity contribution in [2.24, 2.45) is 5.73 Å². The highest BCUT2D eigenvalue weighted by atomic mass is 19.4. The van der Waals surface area contributed by atoms with Gasteiger partial charge in [0.2, 0.25) is 11.5 Å². The number of fused-ring (bicyclic) bond motifs is 2. The van der Waals surface area contributed by atoms with Crippen LogP contribution in [0.5, 0.6) is 5.75 Å². The zero-order valence-electron chi connectivity index (χ0n) is 21.2. The van der Waals surface area contributed by atoms with Crippen molar-refractivity contribution in [3.63, 3.8) is 0 Å². The first-order valence-corrected chi connectivity index (χ1v) is 12.0. The van der Waals surface area contributed by atoms with Gasteiger partial charge in [-0.2, -0.15) is 13.2 Å². The van der Waals surface area contributed by atoms with Gasteiger partial charge in [0.1, 0.15) is 34.9 Å². The van der Waals surface area contributed by atoms with Gasteiger partial charge in [0.25, 0.3) is 5.91 Å². The van der Waals surface area contributed by atoms with Crippen LogP contribution < -0.4 is 15.8 Å². The second-order valence-corrected chi connectivity index (χ2v) is 9.83. The molecule has 3 aromatic heterocycles. The molecule has 40 heavy (non-hydrogen) atoms. The number of pyridine rings is 2. The average Bonchev–Trinajstić information content (AvgIpc) is 3.45. The van der Waals surface area contributed by atoms with Crippen molar-refractivity contribution in [3.8, 4) is 17.0 Å². The van der Waals surface area contributed by atoms with Gasteiger partial charge in [-0.1, -0.05) is 0 Å². The van der Waals surface area contributed by atoms with Gasteiger partial charge in [-0.15, -0.1) is 0 Å². The van der Waals surface area contributed by atoms with Crippen LogP contribution in [0.15, 0.2) is 54.9 Å². The molecule has 2 atom stereocenters. The molecule has 4 N–H and O–H groups in total. The molecule has 0 radical (unpaired) electrons. The lowest BCUT2D eigenvalue weighted by atomic mass is 9.81. The van der Waals surface area contributed by atoms with E-state index in [1.54, 1.807) is 17.5 Å². The summed E-state index contributed by atoms with van der Waals surface area (Å²) < 4.78 is 64.3. The molecule has 4 heterocycles. The molecule has 5 rings (SSSR count). The van der Waals surface area contributed by atoms with E-state index in [1.807, 2.05) is 0 Å². The molecule has 4 aromatic rings. The van der Waals surface area contributed by atoms with Crippen LogP contribution in [0.25, 0.3) is 16.9 Å². The van der Waals surface area contributed by atoms with E-state index in [0.29, 0.717) is 11.3 Å². The van der Waals surface area contributed by atoms with E-state index >= 15 is 0 Å². The van der Waals surface area contributed by atoms with Crippen LogP contribution in [0.2, 0.25) is 0 Å². The van der Waals surface area contributed by atoms with Crippen molar-refractivity contribution in [2.45, 2.75) is 31.0 Å². The molecule has 1 aliphatic heterocycles. The van der Waals surface area contributed by atoms with Gasteiger partial charge < -0.3 is 25.3 Å².